The number of hydrogen-bond acceptors (Lipinski definition) is 3. The van der Waals surface area contributed by atoms with Crippen LogP contribution in [-0.4, -0.2) is 40.4 Å². The number of nitrogens with one attached hydrogen (secondary N) is 1. The van der Waals surface area contributed by atoms with E-state index in [1.54, 1.807) is 18.2 Å². The van der Waals surface area contributed by atoms with Gasteiger partial charge in [-0.25, -0.2) is 0 Å². The molecule has 0 aromatic heterocycles. The number of carboxylic acids is 1. The molecular formula is C18H20Cl2N2O4. The normalized spacial score (nSPS) is 21.2. The van der Waals surface area contributed by atoms with E-state index in [0.717, 1.165) is 6.42 Å². The maximum absolute atomic E-state index is 12.7. The third-order valence-corrected chi connectivity index (χ3v) is 5.70. The lowest BCUT2D eigenvalue weighted by molar-refractivity contribution is -0.160. The molecule has 1 saturated carbocycles. The molecule has 1 saturated heterocycles. The van der Waals surface area contributed by atoms with Gasteiger partial charge >= 0.3 is 5.97 Å². The van der Waals surface area contributed by atoms with Crippen LogP contribution in [0.4, 0.5) is 5.69 Å². The fourth-order valence-corrected chi connectivity index (χ4v) is 4.18. The average Bonchev–Trinajstić information content (AvgIpc) is 2.99. The van der Waals surface area contributed by atoms with Crippen LogP contribution >= 0.6 is 23.2 Å². The Kier molecular flexibility index (Phi) is 5.44. The molecule has 0 bridgehead atoms. The van der Waals surface area contributed by atoms with Crippen LogP contribution < -0.4 is 5.32 Å². The van der Waals surface area contributed by atoms with Crippen molar-refractivity contribution in [3.05, 3.63) is 28.2 Å². The predicted molar refractivity (Wildman–Crippen MR) is 98.4 cm³/mol. The molecule has 3 rings (SSSR count). The van der Waals surface area contributed by atoms with E-state index in [2.05, 4.69) is 5.32 Å². The molecule has 1 aromatic rings. The van der Waals surface area contributed by atoms with Crippen molar-refractivity contribution in [1.82, 2.24) is 4.90 Å². The zero-order valence-corrected chi connectivity index (χ0v) is 15.6. The van der Waals surface area contributed by atoms with Gasteiger partial charge in [0.25, 0.3) is 0 Å². The fraction of sp³-hybridized carbons (Fsp3) is 0.500. The Bertz CT molecular complexity index is 728. The van der Waals surface area contributed by atoms with Crippen molar-refractivity contribution in [1.29, 1.82) is 0 Å². The number of carboxylic acid groups (broad SMARTS) is 1. The largest absolute Gasteiger partial charge is 0.481 e. The van der Waals surface area contributed by atoms with Crippen molar-refractivity contribution in [2.24, 2.45) is 5.41 Å². The first kappa shape index (κ1) is 19.0. The molecule has 2 fully saturated rings. The number of halogens is 2. The van der Waals surface area contributed by atoms with Crippen LogP contribution in [0.5, 0.6) is 0 Å². The summed E-state index contributed by atoms with van der Waals surface area (Å²) >= 11 is 11.9. The molecule has 1 heterocycles. The molecule has 6 nitrogen and oxygen atoms in total. The minimum Gasteiger partial charge on any atom is -0.481 e. The van der Waals surface area contributed by atoms with Gasteiger partial charge < -0.3 is 15.3 Å². The zero-order valence-electron chi connectivity index (χ0n) is 14.1. The van der Waals surface area contributed by atoms with E-state index in [4.69, 9.17) is 23.2 Å². The summed E-state index contributed by atoms with van der Waals surface area (Å²) in [5.41, 5.74) is -0.492. The van der Waals surface area contributed by atoms with Crippen LogP contribution in [0.15, 0.2) is 18.2 Å². The van der Waals surface area contributed by atoms with Gasteiger partial charge in [0.2, 0.25) is 11.8 Å². The summed E-state index contributed by atoms with van der Waals surface area (Å²) in [4.78, 5) is 38.3. The van der Waals surface area contributed by atoms with Crippen molar-refractivity contribution in [3.63, 3.8) is 0 Å². The fourth-order valence-electron chi connectivity index (χ4n) is 3.65. The standard InChI is InChI=1S/C18H20Cl2N2O4/c19-11-7-12(20)9-13(8-11)21-16(24)14-3-1-6-22(14)15(23)10-18(17(25)26)4-2-5-18/h7-9,14H,1-6,10H2,(H,21,24)(H,25,26). The molecule has 140 valence electrons. The van der Waals surface area contributed by atoms with Crippen molar-refractivity contribution in [2.45, 2.75) is 44.6 Å². The smallest absolute Gasteiger partial charge is 0.310 e. The van der Waals surface area contributed by atoms with Gasteiger partial charge in [-0.2, -0.15) is 0 Å². The van der Waals surface area contributed by atoms with E-state index in [1.165, 1.54) is 4.90 Å². The van der Waals surface area contributed by atoms with Crippen LogP contribution in [-0.2, 0) is 14.4 Å². The Morgan fingerprint density at radius 2 is 1.81 bits per heavy atom. The molecule has 0 radical (unpaired) electrons. The third-order valence-electron chi connectivity index (χ3n) is 5.26. The second-order valence-electron chi connectivity index (χ2n) is 7.01. The first-order valence-corrected chi connectivity index (χ1v) is 9.36. The molecule has 1 atom stereocenters. The molecular weight excluding hydrogens is 379 g/mol. The van der Waals surface area contributed by atoms with Gasteiger partial charge in [-0.15, -0.1) is 0 Å². The molecule has 1 aliphatic heterocycles. The molecule has 1 aliphatic carbocycles. The molecule has 0 spiro atoms. The van der Waals surface area contributed by atoms with E-state index >= 15 is 0 Å². The Balaban J connectivity index is 1.68. The Hall–Kier alpha value is -1.79. The van der Waals surface area contributed by atoms with Gasteiger partial charge in [-0.05, 0) is 43.9 Å². The first-order valence-electron chi connectivity index (χ1n) is 8.61. The van der Waals surface area contributed by atoms with Crippen molar-refractivity contribution in [3.8, 4) is 0 Å². The number of anilines is 1. The topological polar surface area (TPSA) is 86.7 Å². The Morgan fingerprint density at radius 3 is 2.35 bits per heavy atom. The first-order chi connectivity index (χ1) is 12.3. The summed E-state index contributed by atoms with van der Waals surface area (Å²) in [5.74, 6) is -1.51. The quantitative estimate of drug-likeness (QED) is 0.793. The summed E-state index contributed by atoms with van der Waals surface area (Å²) in [6.45, 7) is 0.461. The number of hydrogen-bond donors (Lipinski definition) is 2. The Labute approximate surface area is 161 Å². The van der Waals surface area contributed by atoms with Crippen LogP contribution in [0.2, 0.25) is 10.0 Å². The lowest BCUT2D eigenvalue weighted by Gasteiger charge is -2.38. The van der Waals surface area contributed by atoms with Gasteiger partial charge in [0, 0.05) is 28.7 Å². The minimum atomic E-state index is -0.957. The highest BCUT2D eigenvalue weighted by Crippen LogP contribution is 2.45. The second kappa shape index (κ2) is 7.45. The Morgan fingerprint density at radius 1 is 1.15 bits per heavy atom. The summed E-state index contributed by atoms with van der Waals surface area (Å²) in [6.07, 6.45) is 3.06. The highest BCUT2D eigenvalue weighted by atomic mass is 35.5. The molecule has 2 N–H and O–H groups in total. The number of amides is 2. The second-order valence-corrected chi connectivity index (χ2v) is 7.88. The highest BCUT2D eigenvalue weighted by molar-refractivity contribution is 6.35. The predicted octanol–water partition coefficient (Wildman–Crippen LogP) is 3.57. The van der Waals surface area contributed by atoms with Gasteiger partial charge in [0.05, 0.1) is 5.41 Å². The van der Waals surface area contributed by atoms with Crippen molar-refractivity contribution < 1.29 is 19.5 Å². The minimum absolute atomic E-state index is 0.0465. The SMILES string of the molecule is O=C(Nc1cc(Cl)cc(Cl)c1)C1CCCN1C(=O)CC1(C(=O)O)CCC1. The molecule has 1 aromatic carbocycles. The number of nitrogens with zero attached hydrogens (tertiary/aromatic N) is 1. The van der Waals surface area contributed by atoms with E-state index in [1.807, 2.05) is 0 Å². The lowest BCUT2D eigenvalue weighted by Crippen LogP contribution is -2.48. The summed E-state index contributed by atoms with van der Waals surface area (Å²) in [6, 6.07) is 4.13. The summed E-state index contributed by atoms with van der Waals surface area (Å²) in [5, 5.41) is 13.0. The monoisotopic (exact) mass is 398 g/mol. The molecule has 8 heteroatoms. The van der Waals surface area contributed by atoms with Gasteiger partial charge in [-0.3, -0.25) is 14.4 Å². The van der Waals surface area contributed by atoms with Gasteiger partial charge in [0.1, 0.15) is 6.04 Å². The number of benzene rings is 1. The number of aliphatic carboxylic acids is 1. The molecule has 2 amide bonds. The molecule has 1 unspecified atom stereocenters. The van der Waals surface area contributed by atoms with E-state index in [-0.39, 0.29) is 18.2 Å². The highest BCUT2D eigenvalue weighted by Gasteiger charge is 2.48. The molecule has 26 heavy (non-hydrogen) atoms. The van der Waals surface area contributed by atoms with Gasteiger partial charge in [-0.1, -0.05) is 29.6 Å². The van der Waals surface area contributed by atoms with Crippen LogP contribution in [0.25, 0.3) is 0 Å². The maximum Gasteiger partial charge on any atom is 0.310 e. The summed E-state index contributed by atoms with van der Waals surface area (Å²) < 4.78 is 0. The number of carbonyl (C=O) groups excluding carboxylic acids is 2. The summed E-state index contributed by atoms with van der Waals surface area (Å²) in [7, 11) is 0. The van der Waals surface area contributed by atoms with Crippen LogP contribution in [0.3, 0.4) is 0 Å². The van der Waals surface area contributed by atoms with Crippen LogP contribution in [0, 0.1) is 5.41 Å². The zero-order chi connectivity index (χ0) is 18.9. The molecule has 2 aliphatic rings. The maximum atomic E-state index is 12.7. The number of carbonyl (C=O) groups is 3. The van der Waals surface area contributed by atoms with E-state index in [0.29, 0.717) is 48.0 Å². The third kappa shape index (κ3) is 3.81. The van der Waals surface area contributed by atoms with Crippen molar-refractivity contribution >= 4 is 46.7 Å². The van der Waals surface area contributed by atoms with Crippen LogP contribution in [0.1, 0.15) is 38.5 Å². The average molecular weight is 399 g/mol. The van der Waals surface area contributed by atoms with E-state index in [9.17, 15) is 19.5 Å². The lowest BCUT2D eigenvalue weighted by atomic mass is 9.66. The van der Waals surface area contributed by atoms with Gasteiger partial charge in [0.15, 0.2) is 0 Å². The van der Waals surface area contributed by atoms with E-state index < -0.39 is 17.4 Å². The number of rotatable bonds is 5. The number of likely N-dealkylation sites (tertiary alicyclic amines) is 1. The van der Waals surface area contributed by atoms with Crippen molar-refractivity contribution in [2.75, 3.05) is 11.9 Å².